The lowest BCUT2D eigenvalue weighted by Crippen LogP contribution is -1.94. The van der Waals surface area contributed by atoms with Crippen molar-refractivity contribution in [2.45, 2.75) is 51.4 Å². The Balaban J connectivity index is 1.82. The molecule has 0 bridgehead atoms. The van der Waals surface area contributed by atoms with Crippen LogP contribution in [-0.4, -0.2) is 5.33 Å². The first-order valence-electron chi connectivity index (χ1n) is 8.90. The van der Waals surface area contributed by atoms with Crippen molar-refractivity contribution >= 4 is 15.9 Å². The van der Waals surface area contributed by atoms with E-state index in [1.807, 2.05) is 0 Å². The van der Waals surface area contributed by atoms with Gasteiger partial charge in [0, 0.05) is 11.8 Å². The standard InChI is InChI=1S/C22H26BrN/c23-16-3-1-6-19-10-12-20(13-11-19)14-15-22-9-5-8-21(18-22)7-2-4-17-24/h5,8-13,18H,1-4,6-7,14-16H2. The highest BCUT2D eigenvalue weighted by Gasteiger charge is 2.00. The largest absolute Gasteiger partial charge is 0.198 e. The van der Waals surface area contributed by atoms with E-state index in [0.717, 1.165) is 31.0 Å². The molecule has 24 heavy (non-hydrogen) atoms. The van der Waals surface area contributed by atoms with Crippen molar-refractivity contribution < 1.29 is 0 Å². The molecule has 2 aromatic carbocycles. The summed E-state index contributed by atoms with van der Waals surface area (Å²) in [5.41, 5.74) is 5.60. The van der Waals surface area contributed by atoms with E-state index >= 15 is 0 Å². The van der Waals surface area contributed by atoms with Gasteiger partial charge in [0.1, 0.15) is 0 Å². The van der Waals surface area contributed by atoms with Gasteiger partial charge in [-0.05, 0) is 67.2 Å². The van der Waals surface area contributed by atoms with Crippen LogP contribution in [0.4, 0.5) is 0 Å². The molecule has 0 spiro atoms. The summed E-state index contributed by atoms with van der Waals surface area (Å²) in [5.74, 6) is 0. The highest BCUT2D eigenvalue weighted by Crippen LogP contribution is 2.13. The van der Waals surface area contributed by atoms with E-state index in [2.05, 4.69) is 70.5 Å². The smallest absolute Gasteiger partial charge is 0.0621 e. The quantitative estimate of drug-likeness (QED) is 0.362. The fourth-order valence-electron chi connectivity index (χ4n) is 2.90. The molecule has 0 unspecified atom stereocenters. The minimum atomic E-state index is 0.645. The molecule has 0 aromatic heterocycles. The van der Waals surface area contributed by atoms with Gasteiger partial charge in [0.15, 0.2) is 0 Å². The fraction of sp³-hybridized carbons (Fsp3) is 0.409. The van der Waals surface area contributed by atoms with E-state index in [1.54, 1.807) is 0 Å². The van der Waals surface area contributed by atoms with Crippen molar-refractivity contribution in [2.24, 2.45) is 0 Å². The number of halogens is 1. The van der Waals surface area contributed by atoms with Gasteiger partial charge in [0.25, 0.3) is 0 Å². The van der Waals surface area contributed by atoms with E-state index < -0.39 is 0 Å². The highest BCUT2D eigenvalue weighted by molar-refractivity contribution is 9.09. The van der Waals surface area contributed by atoms with Crippen LogP contribution < -0.4 is 0 Å². The Labute approximate surface area is 154 Å². The average molecular weight is 384 g/mol. The van der Waals surface area contributed by atoms with Crippen LogP contribution in [0.2, 0.25) is 0 Å². The van der Waals surface area contributed by atoms with Crippen molar-refractivity contribution in [2.75, 3.05) is 5.33 Å². The van der Waals surface area contributed by atoms with Crippen LogP contribution in [-0.2, 0) is 25.7 Å². The summed E-state index contributed by atoms with van der Waals surface area (Å²) in [6.07, 6.45) is 8.44. The molecule has 0 atom stereocenters. The van der Waals surface area contributed by atoms with Gasteiger partial charge in [-0.3, -0.25) is 0 Å². The summed E-state index contributed by atoms with van der Waals surface area (Å²) in [6, 6.07) is 20.2. The lowest BCUT2D eigenvalue weighted by atomic mass is 9.99. The Morgan fingerprint density at radius 3 is 1.96 bits per heavy atom. The summed E-state index contributed by atoms with van der Waals surface area (Å²) in [6.45, 7) is 0. The Morgan fingerprint density at radius 1 is 0.708 bits per heavy atom. The molecule has 0 fully saturated rings. The fourth-order valence-corrected chi connectivity index (χ4v) is 3.29. The first-order valence-corrected chi connectivity index (χ1v) is 10.0. The van der Waals surface area contributed by atoms with Crippen molar-refractivity contribution in [3.8, 4) is 6.07 Å². The minimum Gasteiger partial charge on any atom is -0.198 e. The van der Waals surface area contributed by atoms with E-state index in [-0.39, 0.29) is 0 Å². The zero-order valence-electron chi connectivity index (χ0n) is 14.3. The number of nitriles is 1. The second-order valence-corrected chi connectivity index (χ2v) is 7.09. The summed E-state index contributed by atoms with van der Waals surface area (Å²) < 4.78 is 0. The zero-order valence-corrected chi connectivity index (χ0v) is 15.9. The van der Waals surface area contributed by atoms with Crippen LogP contribution in [0.5, 0.6) is 0 Å². The number of aryl methyl sites for hydroxylation is 4. The van der Waals surface area contributed by atoms with Gasteiger partial charge in [-0.25, -0.2) is 0 Å². The Morgan fingerprint density at radius 2 is 1.29 bits per heavy atom. The SMILES string of the molecule is N#CCCCc1cccc(CCc2ccc(CCCCBr)cc2)c1. The molecular weight excluding hydrogens is 358 g/mol. The van der Waals surface area contributed by atoms with Gasteiger partial charge in [-0.2, -0.15) is 5.26 Å². The number of hydrogen-bond acceptors (Lipinski definition) is 1. The average Bonchev–Trinajstić information content (AvgIpc) is 2.62. The summed E-state index contributed by atoms with van der Waals surface area (Å²) in [4.78, 5) is 0. The van der Waals surface area contributed by atoms with E-state index in [0.29, 0.717) is 6.42 Å². The summed E-state index contributed by atoms with van der Waals surface area (Å²) in [5, 5.41) is 9.73. The third-order valence-electron chi connectivity index (χ3n) is 4.32. The first kappa shape index (κ1) is 18.7. The van der Waals surface area contributed by atoms with Crippen molar-refractivity contribution in [3.63, 3.8) is 0 Å². The molecule has 2 rings (SSSR count). The molecule has 0 saturated carbocycles. The second-order valence-electron chi connectivity index (χ2n) is 6.29. The lowest BCUT2D eigenvalue weighted by molar-refractivity contribution is 0.805. The van der Waals surface area contributed by atoms with Crippen LogP contribution in [0.1, 0.15) is 47.9 Å². The zero-order chi connectivity index (χ0) is 17.0. The molecule has 0 aliphatic heterocycles. The maximum Gasteiger partial charge on any atom is 0.0621 e. The third-order valence-corrected chi connectivity index (χ3v) is 4.88. The van der Waals surface area contributed by atoms with Crippen LogP contribution in [0, 0.1) is 11.3 Å². The predicted molar refractivity (Wildman–Crippen MR) is 106 cm³/mol. The normalized spacial score (nSPS) is 10.5. The van der Waals surface area contributed by atoms with Crippen LogP contribution in [0.3, 0.4) is 0 Å². The Hall–Kier alpha value is -1.59. The molecule has 126 valence electrons. The first-order chi connectivity index (χ1) is 11.8. The molecule has 0 N–H and O–H groups in total. The van der Waals surface area contributed by atoms with Crippen molar-refractivity contribution in [1.29, 1.82) is 5.26 Å². The summed E-state index contributed by atoms with van der Waals surface area (Å²) >= 11 is 3.49. The van der Waals surface area contributed by atoms with Crippen LogP contribution in [0.15, 0.2) is 48.5 Å². The Bertz CT molecular complexity index is 640. The molecule has 2 heteroatoms. The maximum atomic E-state index is 8.64. The van der Waals surface area contributed by atoms with Gasteiger partial charge in [0.05, 0.1) is 6.07 Å². The Kier molecular flexibility index (Phi) is 8.63. The van der Waals surface area contributed by atoms with Gasteiger partial charge in [-0.15, -0.1) is 0 Å². The van der Waals surface area contributed by atoms with Crippen molar-refractivity contribution in [3.05, 3.63) is 70.8 Å². The third kappa shape index (κ3) is 6.89. The maximum absolute atomic E-state index is 8.64. The number of rotatable bonds is 10. The number of alkyl halides is 1. The molecule has 0 heterocycles. The molecule has 2 aromatic rings. The van der Waals surface area contributed by atoms with Crippen molar-refractivity contribution in [1.82, 2.24) is 0 Å². The van der Waals surface area contributed by atoms with Gasteiger partial charge in [-0.1, -0.05) is 64.5 Å². The molecule has 0 radical (unpaired) electrons. The van der Waals surface area contributed by atoms with Gasteiger partial charge < -0.3 is 0 Å². The lowest BCUT2D eigenvalue weighted by Gasteiger charge is -2.06. The van der Waals surface area contributed by atoms with E-state index in [4.69, 9.17) is 5.26 Å². The minimum absolute atomic E-state index is 0.645. The molecule has 0 amide bonds. The monoisotopic (exact) mass is 383 g/mol. The number of unbranched alkanes of at least 4 members (excludes halogenated alkanes) is 2. The second kappa shape index (κ2) is 11.0. The predicted octanol–water partition coefficient (Wildman–Crippen LogP) is 6.04. The van der Waals surface area contributed by atoms with E-state index in [1.165, 1.54) is 41.5 Å². The van der Waals surface area contributed by atoms with Gasteiger partial charge >= 0.3 is 0 Å². The highest BCUT2D eigenvalue weighted by atomic mass is 79.9. The summed E-state index contributed by atoms with van der Waals surface area (Å²) in [7, 11) is 0. The molecule has 1 nitrogen and oxygen atoms in total. The topological polar surface area (TPSA) is 23.8 Å². The molecule has 0 aliphatic carbocycles. The number of hydrogen-bond donors (Lipinski definition) is 0. The van der Waals surface area contributed by atoms with Crippen LogP contribution >= 0.6 is 15.9 Å². The van der Waals surface area contributed by atoms with Gasteiger partial charge in [0.2, 0.25) is 0 Å². The molecular formula is C22H26BrN. The number of nitrogens with zero attached hydrogens (tertiary/aromatic N) is 1. The van der Waals surface area contributed by atoms with E-state index in [9.17, 15) is 0 Å². The van der Waals surface area contributed by atoms with Crippen LogP contribution in [0.25, 0.3) is 0 Å². The number of benzene rings is 2. The molecule has 0 aliphatic rings. The molecule has 0 saturated heterocycles.